The van der Waals surface area contributed by atoms with Gasteiger partial charge in [0.15, 0.2) is 10.6 Å². The van der Waals surface area contributed by atoms with E-state index in [-0.39, 0.29) is 23.4 Å². The van der Waals surface area contributed by atoms with Crippen LogP contribution in [0.1, 0.15) is 55.2 Å². The molecule has 1 aromatic carbocycles. The maximum Gasteiger partial charge on any atom is 0.251 e. The largest absolute Gasteiger partial charge is 0.345 e. The molecule has 1 aromatic heterocycles. The molecule has 0 bridgehead atoms. The second-order valence-electron chi connectivity index (χ2n) is 7.21. The van der Waals surface area contributed by atoms with Gasteiger partial charge in [-0.3, -0.25) is 9.89 Å². The fourth-order valence-corrected chi connectivity index (χ4v) is 5.42. The highest BCUT2D eigenvalue weighted by Crippen LogP contribution is 2.26. The Morgan fingerprint density at radius 2 is 2.07 bits per heavy atom. The van der Waals surface area contributed by atoms with Crippen molar-refractivity contribution in [3.63, 3.8) is 0 Å². The minimum absolute atomic E-state index is 0.0166. The number of sulfonamides is 1. The van der Waals surface area contributed by atoms with Crippen LogP contribution in [0, 0.1) is 4.77 Å². The molecule has 3 rings (SSSR count). The molecule has 158 valence electrons. The van der Waals surface area contributed by atoms with Crippen LogP contribution in [0.5, 0.6) is 0 Å². The number of rotatable bonds is 7. The molecule has 0 radical (unpaired) electrons. The standard InChI is InChI=1S/C19H27N5O3S2/c1-3-24-17(21-22-19(24)28)13-20-18(25)14-8-7-11-16(12-14)29(26,27)23(2)15-9-5-4-6-10-15/h7-8,11-12,15H,3-6,9-10,13H2,1-2H3,(H,20,25)(H,22,28). The molecule has 1 aliphatic rings. The molecule has 10 heteroatoms. The highest BCUT2D eigenvalue weighted by atomic mass is 32.2. The van der Waals surface area contributed by atoms with E-state index in [1.54, 1.807) is 23.7 Å². The van der Waals surface area contributed by atoms with Gasteiger partial charge in [-0.25, -0.2) is 8.42 Å². The van der Waals surface area contributed by atoms with Crippen molar-refractivity contribution in [1.29, 1.82) is 0 Å². The summed E-state index contributed by atoms with van der Waals surface area (Å²) in [5.74, 6) is 0.255. The quantitative estimate of drug-likeness (QED) is 0.649. The van der Waals surface area contributed by atoms with Gasteiger partial charge in [0.25, 0.3) is 5.91 Å². The molecule has 1 fully saturated rings. The van der Waals surface area contributed by atoms with Gasteiger partial charge < -0.3 is 9.88 Å². The van der Waals surface area contributed by atoms with Crippen LogP contribution in [-0.4, -0.2) is 46.5 Å². The Balaban J connectivity index is 1.74. The van der Waals surface area contributed by atoms with Gasteiger partial charge in [-0.15, -0.1) is 0 Å². The van der Waals surface area contributed by atoms with E-state index >= 15 is 0 Å². The maximum atomic E-state index is 13.0. The summed E-state index contributed by atoms with van der Waals surface area (Å²) in [4.78, 5) is 12.7. The number of benzene rings is 1. The molecule has 1 aliphatic carbocycles. The smallest absolute Gasteiger partial charge is 0.251 e. The highest BCUT2D eigenvalue weighted by molar-refractivity contribution is 7.89. The number of hydrogen-bond donors (Lipinski definition) is 2. The zero-order chi connectivity index (χ0) is 21.0. The summed E-state index contributed by atoms with van der Waals surface area (Å²) >= 11 is 5.14. The Labute approximate surface area is 176 Å². The van der Waals surface area contributed by atoms with Gasteiger partial charge >= 0.3 is 0 Å². The topological polar surface area (TPSA) is 100 Å². The zero-order valence-electron chi connectivity index (χ0n) is 16.7. The second kappa shape index (κ2) is 9.19. The number of carbonyl (C=O) groups is 1. The lowest BCUT2D eigenvalue weighted by Gasteiger charge is -2.30. The summed E-state index contributed by atoms with van der Waals surface area (Å²) in [6, 6.07) is 6.18. The van der Waals surface area contributed by atoms with Crippen LogP contribution in [0.25, 0.3) is 0 Å². The van der Waals surface area contributed by atoms with Crippen molar-refractivity contribution in [2.24, 2.45) is 0 Å². The predicted octanol–water partition coefficient (Wildman–Crippen LogP) is 2.84. The van der Waals surface area contributed by atoms with Crippen LogP contribution in [0.3, 0.4) is 0 Å². The monoisotopic (exact) mass is 437 g/mol. The number of nitrogens with one attached hydrogen (secondary N) is 2. The number of carbonyl (C=O) groups excluding carboxylic acids is 1. The van der Waals surface area contributed by atoms with Gasteiger partial charge in [0.2, 0.25) is 10.0 Å². The molecule has 29 heavy (non-hydrogen) atoms. The number of aromatic amines is 1. The summed E-state index contributed by atoms with van der Waals surface area (Å²) in [5.41, 5.74) is 0.292. The summed E-state index contributed by atoms with van der Waals surface area (Å²) in [6.45, 7) is 2.77. The minimum atomic E-state index is -3.65. The Hall–Kier alpha value is -2.04. The predicted molar refractivity (Wildman–Crippen MR) is 113 cm³/mol. The molecule has 1 amide bonds. The highest BCUT2D eigenvalue weighted by Gasteiger charge is 2.29. The molecular formula is C19H27N5O3S2. The van der Waals surface area contributed by atoms with Crippen molar-refractivity contribution >= 4 is 28.1 Å². The fraction of sp³-hybridized carbons (Fsp3) is 0.526. The lowest BCUT2D eigenvalue weighted by atomic mass is 9.96. The normalized spacial score (nSPS) is 15.6. The number of hydrogen-bond acceptors (Lipinski definition) is 5. The minimum Gasteiger partial charge on any atom is -0.345 e. The van der Waals surface area contributed by atoms with Gasteiger partial charge in [-0.05, 0) is 50.2 Å². The van der Waals surface area contributed by atoms with E-state index in [0.717, 1.165) is 32.1 Å². The molecule has 8 nitrogen and oxygen atoms in total. The molecule has 2 aromatic rings. The van der Waals surface area contributed by atoms with Crippen molar-refractivity contribution in [1.82, 2.24) is 24.4 Å². The van der Waals surface area contributed by atoms with Crippen LogP contribution in [0.2, 0.25) is 0 Å². The maximum absolute atomic E-state index is 13.0. The van der Waals surface area contributed by atoms with Crippen LogP contribution in [-0.2, 0) is 23.1 Å². The molecule has 1 heterocycles. The van der Waals surface area contributed by atoms with Crippen molar-refractivity contribution in [3.8, 4) is 0 Å². The summed E-state index contributed by atoms with van der Waals surface area (Å²) in [7, 11) is -2.02. The van der Waals surface area contributed by atoms with Gasteiger partial charge in [-0.1, -0.05) is 25.3 Å². The third-order valence-corrected chi connectivity index (χ3v) is 7.64. The van der Waals surface area contributed by atoms with Crippen molar-refractivity contribution in [2.45, 2.75) is 63.1 Å². The van der Waals surface area contributed by atoms with Gasteiger partial charge in [0, 0.05) is 25.2 Å². The van der Waals surface area contributed by atoms with E-state index < -0.39 is 10.0 Å². The van der Waals surface area contributed by atoms with Gasteiger partial charge in [0.05, 0.1) is 11.4 Å². The first-order valence-corrected chi connectivity index (χ1v) is 11.7. The van der Waals surface area contributed by atoms with E-state index in [1.807, 2.05) is 6.92 Å². The Kier molecular flexibility index (Phi) is 6.86. The van der Waals surface area contributed by atoms with Gasteiger partial charge in [-0.2, -0.15) is 9.40 Å². The van der Waals surface area contributed by atoms with Crippen LogP contribution >= 0.6 is 12.2 Å². The fourth-order valence-electron chi connectivity index (χ4n) is 3.68. The third kappa shape index (κ3) is 4.76. The lowest BCUT2D eigenvalue weighted by Crippen LogP contribution is -2.38. The molecule has 0 spiro atoms. The Bertz CT molecular complexity index is 1020. The average molecular weight is 438 g/mol. The zero-order valence-corrected chi connectivity index (χ0v) is 18.4. The first kappa shape index (κ1) is 21.7. The molecule has 0 saturated heterocycles. The first-order valence-electron chi connectivity index (χ1n) is 9.85. The van der Waals surface area contributed by atoms with Crippen molar-refractivity contribution < 1.29 is 13.2 Å². The Morgan fingerprint density at radius 3 is 2.76 bits per heavy atom. The van der Waals surface area contributed by atoms with Gasteiger partial charge in [0.1, 0.15) is 0 Å². The van der Waals surface area contributed by atoms with Crippen LogP contribution in [0.15, 0.2) is 29.2 Å². The van der Waals surface area contributed by atoms with Crippen molar-refractivity contribution in [2.75, 3.05) is 7.05 Å². The number of nitrogens with zero attached hydrogens (tertiary/aromatic N) is 3. The van der Waals surface area contributed by atoms with Crippen molar-refractivity contribution in [3.05, 3.63) is 40.4 Å². The summed E-state index contributed by atoms with van der Waals surface area (Å²) in [5, 5.41) is 9.59. The lowest BCUT2D eigenvalue weighted by molar-refractivity contribution is 0.0949. The SMILES string of the molecule is CCn1c(CNC(=O)c2cccc(S(=O)(=O)N(C)C3CCCCC3)c2)n[nH]c1=S. The van der Waals surface area contributed by atoms with E-state index in [9.17, 15) is 13.2 Å². The molecule has 0 atom stereocenters. The average Bonchev–Trinajstić information content (AvgIpc) is 3.11. The van der Waals surface area contributed by atoms with Crippen LogP contribution < -0.4 is 5.32 Å². The van der Waals surface area contributed by atoms with E-state index in [4.69, 9.17) is 12.2 Å². The molecule has 1 saturated carbocycles. The van der Waals surface area contributed by atoms with E-state index in [2.05, 4.69) is 15.5 Å². The molecular weight excluding hydrogens is 410 g/mol. The Morgan fingerprint density at radius 1 is 1.34 bits per heavy atom. The van der Waals surface area contributed by atoms with E-state index in [1.165, 1.54) is 16.4 Å². The van der Waals surface area contributed by atoms with Crippen LogP contribution in [0.4, 0.5) is 0 Å². The second-order valence-corrected chi connectivity index (χ2v) is 9.60. The van der Waals surface area contributed by atoms with E-state index in [0.29, 0.717) is 22.7 Å². The molecule has 0 aliphatic heterocycles. The first-order chi connectivity index (χ1) is 13.8. The summed E-state index contributed by atoms with van der Waals surface area (Å²) < 4.78 is 29.8. The number of amides is 1. The summed E-state index contributed by atoms with van der Waals surface area (Å²) in [6.07, 6.45) is 5.00. The number of H-pyrrole nitrogens is 1. The molecule has 2 N–H and O–H groups in total. The molecule has 0 unspecified atom stereocenters. The third-order valence-electron chi connectivity index (χ3n) is 5.42. The number of aromatic nitrogens is 3.